The summed E-state index contributed by atoms with van der Waals surface area (Å²) in [5.74, 6) is 0. The molecule has 0 fully saturated rings. The normalized spacial score (nSPS) is 20.6. The number of nitro groups is 1. The van der Waals surface area contributed by atoms with Crippen LogP contribution in [0.3, 0.4) is 0 Å². The van der Waals surface area contributed by atoms with Gasteiger partial charge in [-0.15, -0.1) is 11.3 Å². The molecule has 0 aliphatic carbocycles. The number of pyridine rings is 1. The van der Waals surface area contributed by atoms with E-state index in [4.69, 9.17) is 0 Å². The highest BCUT2D eigenvalue weighted by Crippen LogP contribution is 2.26. The zero-order valence-corrected chi connectivity index (χ0v) is 13.1. The molecule has 2 aromatic rings. The standard InChI is InChI=1S/C15H17N3O3S/c1-2-13-12-6-8-22-14(12)5-7-16(13)10-17-9-11(18(20)21)3-4-15(17)19/h3-4,6,8-9,13H,2,5,7,10H2,1H3/p+1/t13-/m0/s1. The first-order valence-corrected chi connectivity index (χ1v) is 8.24. The van der Waals surface area contributed by atoms with Gasteiger partial charge in [0.05, 0.1) is 17.7 Å². The molecule has 0 saturated heterocycles. The minimum absolute atomic E-state index is 0.0414. The maximum atomic E-state index is 12.0. The van der Waals surface area contributed by atoms with Gasteiger partial charge in [-0.2, -0.15) is 0 Å². The Kier molecular flexibility index (Phi) is 4.08. The number of hydrogen-bond acceptors (Lipinski definition) is 4. The van der Waals surface area contributed by atoms with Crippen LogP contribution in [0.1, 0.15) is 29.8 Å². The van der Waals surface area contributed by atoms with Crippen LogP contribution in [-0.4, -0.2) is 16.0 Å². The zero-order chi connectivity index (χ0) is 15.7. The van der Waals surface area contributed by atoms with Crippen LogP contribution in [0, 0.1) is 10.1 Å². The molecule has 3 rings (SSSR count). The maximum Gasteiger partial charge on any atom is 0.285 e. The van der Waals surface area contributed by atoms with Crippen molar-refractivity contribution in [3.8, 4) is 0 Å². The first-order valence-electron chi connectivity index (χ1n) is 7.36. The summed E-state index contributed by atoms with van der Waals surface area (Å²) >= 11 is 1.79. The van der Waals surface area contributed by atoms with Crippen molar-refractivity contribution in [2.75, 3.05) is 6.54 Å². The van der Waals surface area contributed by atoms with Crippen molar-refractivity contribution in [3.05, 3.63) is 60.7 Å². The number of nitrogens with zero attached hydrogens (tertiary/aromatic N) is 2. The Hall–Kier alpha value is -1.99. The first-order chi connectivity index (χ1) is 10.6. The number of quaternary nitrogens is 1. The van der Waals surface area contributed by atoms with Gasteiger partial charge in [0.1, 0.15) is 6.04 Å². The lowest BCUT2D eigenvalue weighted by molar-refractivity contribution is -0.955. The van der Waals surface area contributed by atoms with E-state index in [1.54, 1.807) is 11.3 Å². The maximum absolute atomic E-state index is 12.0. The van der Waals surface area contributed by atoms with Crippen molar-refractivity contribution in [1.29, 1.82) is 0 Å². The number of aromatic nitrogens is 1. The molecule has 1 aliphatic rings. The molecule has 2 atom stereocenters. The lowest BCUT2D eigenvalue weighted by Crippen LogP contribution is -3.12. The van der Waals surface area contributed by atoms with Gasteiger partial charge in [-0.1, -0.05) is 6.92 Å². The third kappa shape index (κ3) is 2.69. The average molecular weight is 320 g/mol. The van der Waals surface area contributed by atoms with Crippen LogP contribution >= 0.6 is 11.3 Å². The Bertz CT molecular complexity index is 752. The van der Waals surface area contributed by atoms with Gasteiger partial charge in [0.25, 0.3) is 11.2 Å². The second-order valence-corrected chi connectivity index (χ2v) is 6.53. The van der Waals surface area contributed by atoms with Crippen molar-refractivity contribution in [2.45, 2.75) is 32.5 Å². The number of thiophene rings is 1. The second-order valence-electron chi connectivity index (χ2n) is 5.53. The van der Waals surface area contributed by atoms with Crippen LogP contribution in [-0.2, 0) is 13.1 Å². The number of rotatable bonds is 4. The van der Waals surface area contributed by atoms with Crippen molar-refractivity contribution in [2.24, 2.45) is 0 Å². The van der Waals surface area contributed by atoms with Crippen LogP contribution in [0.5, 0.6) is 0 Å². The molecule has 0 amide bonds. The topological polar surface area (TPSA) is 69.6 Å². The van der Waals surface area contributed by atoms with Gasteiger partial charge in [0.2, 0.25) is 0 Å². The minimum Gasteiger partial charge on any atom is -0.311 e. The summed E-state index contributed by atoms with van der Waals surface area (Å²) in [5.41, 5.74) is 1.14. The molecule has 1 aliphatic heterocycles. The summed E-state index contributed by atoms with van der Waals surface area (Å²) in [7, 11) is 0. The van der Waals surface area contributed by atoms with Gasteiger partial charge in [-0.05, 0) is 11.4 Å². The van der Waals surface area contributed by atoms with Crippen molar-refractivity contribution in [1.82, 2.24) is 4.57 Å². The third-order valence-corrected chi connectivity index (χ3v) is 5.28. The monoisotopic (exact) mass is 320 g/mol. The fourth-order valence-corrected chi connectivity index (χ4v) is 4.14. The van der Waals surface area contributed by atoms with E-state index < -0.39 is 4.92 Å². The summed E-state index contributed by atoms with van der Waals surface area (Å²) < 4.78 is 1.47. The molecule has 1 unspecified atom stereocenters. The molecule has 0 aromatic carbocycles. The van der Waals surface area contributed by atoms with Gasteiger partial charge < -0.3 is 4.90 Å². The Morgan fingerprint density at radius 1 is 1.45 bits per heavy atom. The molecule has 116 valence electrons. The number of fused-ring (bicyclic) bond motifs is 1. The van der Waals surface area contributed by atoms with Gasteiger partial charge in [-0.25, -0.2) is 0 Å². The SMILES string of the molecule is CC[C@H]1c2ccsc2CC[NH+]1Cn1cc([N+](=O)[O-])ccc1=O. The van der Waals surface area contributed by atoms with Crippen molar-refractivity contribution in [3.63, 3.8) is 0 Å². The van der Waals surface area contributed by atoms with E-state index in [1.807, 2.05) is 0 Å². The van der Waals surface area contributed by atoms with E-state index >= 15 is 0 Å². The van der Waals surface area contributed by atoms with E-state index in [9.17, 15) is 14.9 Å². The summed E-state index contributed by atoms with van der Waals surface area (Å²) in [6.07, 6.45) is 3.34. The van der Waals surface area contributed by atoms with Gasteiger partial charge in [0, 0.05) is 35.4 Å². The van der Waals surface area contributed by atoms with Gasteiger partial charge in [-0.3, -0.25) is 19.5 Å². The quantitative estimate of drug-likeness (QED) is 0.683. The Labute approximate surface area is 131 Å². The average Bonchev–Trinajstić information content (AvgIpc) is 2.97. The van der Waals surface area contributed by atoms with Crippen LogP contribution in [0.2, 0.25) is 0 Å². The van der Waals surface area contributed by atoms with E-state index in [0.29, 0.717) is 12.7 Å². The summed E-state index contributed by atoms with van der Waals surface area (Å²) in [6.45, 7) is 3.56. The molecule has 0 radical (unpaired) electrons. The molecule has 3 heterocycles. The predicted octanol–water partition coefficient (Wildman–Crippen LogP) is 1.37. The van der Waals surface area contributed by atoms with E-state index in [-0.39, 0.29) is 11.2 Å². The summed E-state index contributed by atoms with van der Waals surface area (Å²) in [5, 5.41) is 13.0. The zero-order valence-electron chi connectivity index (χ0n) is 12.3. The van der Waals surface area contributed by atoms with Gasteiger partial charge in [0.15, 0.2) is 6.67 Å². The minimum atomic E-state index is -0.463. The van der Waals surface area contributed by atoms with Crippen LogP contribution in [0.25, 0.3) is 0 Å². The fourth-order valence-electron chi connectivity index (χ4n) is 3.20. The Balaban J connectivity index is 1.89. The van der Waals surface area contributed by atoms with Crippen LogP contribution in [0.15, 0.2) is 34.6 Å². The Morgan fingerprint density at radius 2 is 2.27 bits per heavy atom. The van der Waals surface area contributed by atoms with Gasteiger partial charge >= 0.3 is 0 Å². The molecular formula is C15H18N3O3S+. The van der Waals surface area contributed by atoms with E-state index in [2.05, 4.69) is 18.4 Å². The molecular weight excluding hydrogens is 302 g/mol. The Morgan fingerprint density at radius 3 is 3.00 bits per heavy atom. The lowest BCUT2D eigenvalue weighted by Gasteiger charge is -2.32. The fraction of sp³-hybridized carbons (Fsp3) is 0.400. The molecule has 1 N–H and O–H groups in total. The van der Waals surface area contributed by atoms with Crippen molar-refractivity contribution >= 4 is 17.0 Å². The molecule has 0 saturated carbocycles. The number of hydrogen-bond donors (Lipinski definition) is 1. The third-order valence-electron chi connectivity index (χ3n) is 4.28. The first kappa shape index (κ1) is 14.9. The van der Waals surface area contributed by atoms with E-state index in [1.165, 1.54) is 38.2 Å². The van der Waals surface area contributed by atoms with Crippen molar-refractivity contribution < 1.29 is 9.82 Å². The lowest BCUT2D eigenvalue weighted by atomic mass is 9.98. The summed E-state index contributed by atoms with van der Waals surface area (Å²) in [4.78, 5) is 25.1. The molecule has 7 heteroatoms. The highest BCUT2D eigenvalue weighted by Gasteiger charge is 2.30. The van der Waals surface area contributed by atoms with E-state index in [0.717, 1.165) is 19.4 Å². The number of nitrogens with one attached hydrogen (secondary N) is 1. The summed E-state index contributed by atoms with van der Waals surface area (Å²) in [6, 6.07) is 5.06. The van der Waals surface area contributed by atoms with Crippen LogP contribution < -0.4 is 10.5 Å². The largest absolute Gasteiger partial charge is 0.311 e. The molecule has 6 nitrogen and oxygen atoms in total. The molecule has 0 bridgehead atoms. The predicted molar refractivity (Wildman–Crippen MR) is 84.2 cm³/mol. The molecule has 0 spiro atoms. The highest BCUT2D eigenvalue weighted by atomic mass is 32.1. The smallest absolute Gasteiger partial charge is 0.285 e. The molecule has 2 aromatic heterocycles. The highest BCUT2D eigenvalue weighted by molar-refractivity contribution is 7.10. The van der Waals surface area contributed by atoms with Crippen LogP contribution in [0.4, 0.5) is 5.69 Å². The second kappa shape index (κ2) is 6.02. The molecule has 22 heavy (non-hydrogen) atoms.